The van der Waals surface area contributed by atoms with Crippen LogP contribution in [-0.2, 0) is 5.41 Å². The van der Waals surface area contributed by atoms with Crippen molar-refractivity contribution >= 4 is 0 Å². The van der Waals surface area contributed by atoms with E-state index < -0.39 is 0 Å². The predicted octanol–water partition coefficient (Wildman–Crippen LogP) is 4.73. The molecule has 0 atom stereocenters. The molecule has 142 valence electrons. The predicted molar refractivity (Wildman–Crippen MR) is 107 cm³/mol. The van der Waals surface area contributed by atoms with Crippen LogP contribution >= 0.6 is 0 Å². The van der Waals surface area contributed by atoms with Gasteiger partial charge >= 0.3 is 0 Å². The summed E-state index contributed by atoms with van der Waals surface area (Å²) < 4.78 is 7.94. The molecule has 0 amide bonds. The number of hydrogen-bond donors (Lipinski definition) is 0. The first-order valence-electron chi connectivity index (χ1n) is 9.96. The summed E-state index contributed by atoms with van der Waals surface area (Å²) in [6.07, 6.45) is 5.19. The number of hydrogen-bond acceptors (Lipinski definition) is 3. The summed E-state index contributed by atoms with van der Waals surface area (Å²) in [5.41, 5.74) is 3.42. The van der Waals surface area contributed by atoms with Crippen molar-refractivity contribution in [2.75, 3.05) is 26.2 Å². The van der Waals surface area contributed by atoms with Crippen LogP contribution in [0.2, 0.25) is 0 Å². The number of aromatic nitrogens is 2. The topological polar surface area (TPSA) is 30.3 Å². The van der Waals surface area contributed by atoms with E-state index in [1.54, 1.807) is 0 Å². The maximum atomic E-state index is 5.92. The fraction of sp³-hybridized carbons (Fsp3) is 0.591. The minimum atomic E-state index is 0.0629. The molecule has 0 aliphatic carbocycles. The molecule has 4 nitrogen and oxygen atoms in total. The Bertz CT molecular complexity index is 691. The normalized spacial score (nSPS) is 16.0. The number of piperidine rings is 1. The highest BCUT2D eigenvalue weighted by Gasteiger charge is 2.19. The van der Waals surface area contributed by atoms with Gasteiger partial charge in [-0.25, -0.2) is 4.68 Å². The molecule has 3 rings (SSSR count). The van der Waals surface area contributed by atoms with Crippen LogP contribution in [0.3, 0.4) is 0 Å². The van der Waals surface area contributed by atoms with Gasteiger partial charge in [-0.3, -0.25) is 0 Å². The van der Waals surface area contributed by atoms with Gasteiger partial charge in [0, 0.05) is 17.7 Å². The molecule has 1 saturated heterocycles. The van der Waals surface area contributed by atoms with E-state index in [9.17, 15) is 0 Å². The Kier molecular flexibility index (Phi) is 6.02. The van der Waals surface area contributed by atoms with Gasteiger partial charge in [-0.2, -0.15) is 5.10 Å². The van der Waals surface area contributed by atoms with Crippen LogP contribution in [0.4, 0.5) is 0 Å². The number of nitrogens with zero attached hydrogens (tertiary/aromatic N) is 3. The largest absolute Gasteiger partial charge is 0.494 e. The number of likely N-dealkylation sites (tertiary alicyclic amines) is 1. The summed E-state index contributed by atoms with van der Waals surface area (Å²) >= 11 is 0. The van der Waals surface area contributed by atoms with Crippen molar-refractivity contribution in [1.29, 1.82) is 0 Å². The molecule has 0 unspecified atom stereocenters. The first-order chi connectivity index (χ1) is 12.4. The highest BCUT2D eigenvalue weighted by atomic mass is 16.5. The Morgan fingerprint density at radius 1 is 1.04 bits per heavy atom. The molecule has 1 aromatic heterocycles. The molecule has 1 aliphatic rings. The molecule has 1 aromatic carbocycles. The van der Waals surface area contributed by atoms with E-state index in [1.807, 2.05) is 16.8 Å². The molecule has 0 radical (unpaired) electrons. The minimum absolute atomic E-state index is 0.0629. The van der Waals surface area contributed by atoms with E-state index in [0.717, 1.165) is 42.4 Å². The van der Waals surface area contributed by atoms with E-state index in [4.69, 9.17) is 9.84 Å². The average Bonchev–Trinajstić information content (AvgIpc) is 3.02. The summed E-state index contributed by atoms with van der Waals surface area (Å²) in [7, 11) is 0. The number of benzene rings is 1. The van der Waals surface area contributed by atoms with Crippen molar-refractivity contribution in [1.82, 2.24) is 14.7 Å². The first kappa shape index (κ1) is 19.0. The first-order valence-corrected chi connectivity index (χ1v) is 9.96. The van der Waals surface area contributed by atoms with Crippen LogP contribution in [0.5, 0.6) is 5.75 Å². The Morgan fingerprint density at radius 3 is 2.35 bits per heavy atom. The fourth-order valence-corrected chi connectivity index (χ4v) is 3.45. The van der Waals surface area contributed by atoms with E-state index >= 15 is 0 Å². The van der Waals surface area contributed by atoms with E-state index in [0.29, 0.717) is 0 Å². The van der Waals surface area contributed by atoms with Crippen molar-refractivity contribution in [2.45, 2.75) is 58.8 Å². The molecule has 1 fully saturated rings. The van der Waals surface area contributed by atoms with Crippen molar-refractivity contribution in [3.8, 4) is 11.4 Å². The van der Waals surface area contributed by atoms with Crippen molar-refractivity contribution in [2.24, 2.45) is 0 Å². The smallest absolute Gasteiger partial charge is 0.119 e. The molecular weight excluding hydrogens is 322 g/mol. The molecule has 1 aliphatic heterocycles. The molecule has 26 heavy (non-hydrogen) atoms. The fourth-order valence-electron chi connectivity index (χ4n) is 3.45. The highest BCUT2D eigenvalue weighted by Crippen LogP contribution is 2.24. The zero-order valence-electron chi connectivity index (χ0n) is 16.8. The molecule has 0 N–H and O–H groups in total. The van der Waals surface area contributed by atoms with Gasteiger partial charge in [0.15, 0.2) is 0 Å². The SMILES string of the molecule is Cc1cc(C(C)(C)C)nn1-c1ccc(OCCCN2CCCCC2)cc1. The van der Waals surface area contributed by atoms with Crippen LogP contribution in [0.25, 0.3) is 5.69 Å². The Balaban J connectivity index is 1.53. The van der Waals surface area contributed by atoms with Crippen LogP contribution in [-0.4, -0.2) is 40.9 Å². The van der Waals surface area contributed by atoms with Gasteiger partial charge in [-0.1, -0.05) is 27.2 Å². The zero-order valence-corrected chi connectivity index (χ0v) is 16.8. The number of ether oxygens (including phenoxy) is 1. The van der Waals surface area contributed by atoms with E-state index in [2.05, 4.69) is 50.8 Å². The Morgan fingerprint density at radius 2 is 1.73 bits per heavy atom. The third-order valence-corrected chi connectivity index (χ3v) is 5.07. The number of aryl methyl sites for hydroxylation is 1. The quantitative estimate of drug-likeness (QED) is 0.702. The maximum Gasteiger partial charge on any atom is 0.119 e. The van der Waals surface area contributed by atoms with Crippen LogP contribution in [0.15, 0.2) is 30.3 Å². The van der Waals surface area contributed by atoms with Crippen LogP contribution in [0, 0.1) is 6.92 Å². The molecule has 0 saturated carbocycles. The monoisotopic (exact) mass is 355 g/mol. The van der Waals surface area contributed by atoms with Crippen LogP contribution < -0.4 is 4.74 Å². The molecule has 0 spiro atoms. The summed E-state index contributed by atoms with van der Waals surface area (Å²) in [5.74, 6) is 0.938. The van der Waals surface area contributed by atoms with Crippen molar-refractivity contribution in [3.63, 3.8) is 0 Å². The molecule has 0 bridgehead atoms. The highest BCUT2D eigenvalue weighted by molar-refractivity contribution is 5.38. The second-order valence-corrected chi connectivity index (χ2v) is 8.43. The van der Waals surface area contributed by atoms with Crippen LogP contribution in [0.1, 0.15) is 57.8 Å². The summed E-state index contributed by atoms with van der Waals surface area (Å²) in [6, 6.07) is 10.5. The standard InChI is InChI=1S/C22H33N3O/c1-18-17-21(22(2,3)4)23-25(18)19-9-11-20(12-10-19)26-16-8-15-24-13-6-5-7-14-24/h9-12,17H,5-8,13-16H2,1-4H3. The lowest BCUT2D eigenvalue weighted by molar-refractivity contribution is 0.205. The third-order valence-electron chi connectivity index (χ3n) is 5.07. The van der Waals surface area contributed by atoms with Gasteiger partial charge in [0.2, 0.25) is 0 Å². The van der Waals surface area contributed by atoms with Gasteiger partial charge in [0.1, 0.15) is 5.75 Å². The van der Waals surface area contributed by atoms with Crippen molar-refractivity contribution in [3.05, 3.63) is 41.7 Å². The molecule has 2 heterocycles. The lowest BCUT2D eigenvalue weighted by Crippen LogP contribution is -2.31. The molecular formula is C22H33N3O. The van der Waals surface area contributed by atoms with Gasteiger partial charge in [0.25, 0.3) is 0 Å². The van der Waals surface area contributed by atoms with Gasteiger partial charge in [-0.05, 0) is 69.6 Å². The Labute approximate surface area is 158 Å². The maximum absolute atomic E-state index is 5.92. The lowest BCUT2D eigenvalue weighted by atomic mass is 9.92. The van der Waals surface area contributed by atoms with E-state index in [1.165, 1.54) is 32.4 Å². The third kappa shape index (κ3) is 4.88. The summed E-state index contributed by atoms with van der Waals surface area (Å²) in [5, 5.41) is 4.78. The van der Waals surface area contributed by atoms with Gasteiger partial charge < -0.3 is 9.64 Å². The zero-order chi connectivity index (χ0) is 18.6. The summed E-state index contributed by atoms with van der Waals surface area (Å²) in [6.45, 7) is 13.1. The second kappa shape index (κ2) is 8.26. The average molecular weight is 356 g/mol. The summed E-state index contributed by atoms with van der Waals surface area (Å²) in [4.78, 5) is 2.56. The molecule has 2 aromatic rings. The molecule has 4 heteroatoms. The second-order valence-electron chi connectivity index (χ2n) is 8.43. The minimum Gasteiger partial charge on any atom is -0.494 e. The van der Waals surface area contributed by atoms with Gasteiger partial charge in [-0.15, -0.1) is 0 Å². The van der Waals surface area contributed by atoms with Gasteiger partial charge in [0.05, 0.1) is 18.0 Å². The number of rotatable bonds is 6. The lowest BCUT2D eigenvalue weighted by Gasteiger charge is -2.26. The Hall–Kier alpha value is -1.81. The van der Waals surface area contributed by atoms with Crippen molar-refractivity contribution < 1.29 is 4.74 Å². The van der Waals surface area contributed by atoms with E-state index in [-0.39, 0.29) is 5.41 Å².